The number of ether oxygens (including phenoxy) is 2. The molecule has 0 aliphatic carbocycles. The molecule has 1 aromatic heterocycles. The maximum absolute atomic E-state index is 5.20. The zero-order valence-electron chi connectivity index (χ0n) is 11.1. The summed E-state index contributed by atoms with van der Waals surface area (Å²) in [7, 11) is 3.24. The number of hydrogen-bond acceptors (Lipinski definition) is 6. The van der Waals surface area contributed by atoms with E-state index in [1.165, 1.54) is 0 Å². The second-order valence-corrected chi connectivity index (χ2v) is 4.07. The van der Waals surface area contributed by atoms with Gasteiger partial charge in [-0.15, -0.1) is 5.10 Å². The molecule has 1 aromatic carbocycles. The van der Waals surface area contributed by atoms with Crippen molar-refractivity contribution in [2.24, 2.45) is 0 Å². The van der Waals surface area contributed by atoms with Gasteiger partial charge >= 0.3 is 0 Å². The molecule has 7 heteroatoms. The van der Waals surface area contributed by atoms with E-state index in [0.29, 0.717) is 0 Å². The molecule has 1 unspecified atom stereocenters. The standard InChI is InChI=1S/C12H17N5O2/c1-9(12(18-2)19-3)14-10-4-6-11(7-5-10)17-8-13-15-16-17/h4-9,12,14H,1-3H3. The van der Waals surface area contributed by atoms with Gasteiger partial charge in [0, 0.05) is 19.9 Å². The van der Waals surface area contributed by atoms with Gasteiger partial charge in [0.25, 0.3) is 0 Å². The van der Waals surface area contributed by atoms with Gasteiger partial charge in [-0.3, -0.25) is 0 Å². The van der Waals surface area contributed by atoms with E-state index < -0.39 is 0 Å². The molecular formula is C12H17N5O2. The van der Waals surface area contributed by atoms with Crippen molar-refractivity contribution >= 4 is 5.69 Å². The summed E-state index contributed by atoms with van der Waals surface area (Å²) >= 11 is 0. The molecule has 0 spiro atoms. The molecule has 0 amide bonds. The van der Waals surface area contributed by atoms with Crippen LogP contribution in [0.2, 0.25) is 0 Å². The van der Waals surface area contributed by atoms with Gasteiger partial charge in [0.15, 0.2) is 6.29 Å². The molecule has 0 aliphatic rings. The summed E-state index contributed by atoms with van der Waals surface area (Å²) < 4.78 is 12.0. The minimum absolute atomic E-state index is 0.0360. The SMILES string of the molecule is COC(OC)C(C)Nc1ccc(-n2cnnn2)cc1. The predicted molar refractivity (Wildman–Crippen MR) is 70.0 cm³/mol. The molecule has 0 bridgehead atoms. The lowest BCUT2D eigenvalue weighted by atomic mass is 10.2. The fourth-order valence-electron chi connectivity index (χ4n) is 1.83. The van der Waals surface area contributed by atoms with Crippen LogP contribution in [0.3, 0.4) is 0 Å². The van der Waals surface area contributed by atoms with Crippen LogP contribution in [0.15, 0.2) is 30.6 Å². The number of aromatic nitrogens is 4. The van der Waals surface area contributed by atoms with Gasteiger partial charge in [-0.25, -0.2) is 4.68 Å². The summed E-state index contributed by atoms with van der Waals surface area (Å²) in [6.45, 7) is 1.99. The van der Waals surface area contributed by atoms with Crippen LogP contribution in [0.4, 0.5) is 5.69 Å². The fourth-order valence-corrected chi connectivity index (χ4v) is 1.83. The zero-order valence-corrected chi connectivity index (χ0v) is 11.1. The number of anilines is 1. The number of nitrogens with zero attached hydrogens (tertiary/aromatic N) is 4. The summed E-state index contributed by atoms with van der Waals surface area (Å²) in [6, 6.07) is 7.81. The Bertz CT molecular complexity index is 481. The monoisotopic (exact) mass is 263 g/mol. The first-order chi connectivity index (χ1) is 9.24. The topological polar surface area (TPSA) is 74.1 Å². The van der Waals surface area contributed by atoms with Crippen LogP contribution >= 0.6 is 0 Å². The van der Waals surface area contributed by atoms with E-state index in [4.69, 9.17) is 9.47 Å². The van der Waals surface area contributed by atoms with Gasteiger partial charge in [0.1, 0.15) is 6.33 Å². The molecule has 1 N–H and O–H groups in total. The van der Waals surface area contributed by atoms with E-state index in [2.05, 4.69) is 20.8 Å². The predicted octanol–water partition coefficient (Wildman–Crippen LogP) is 1.08. The second-order valence-electron chi connectivity index (χ2n) is 4.07. The van der Waals surface area contributed by atoms with E-state index in [1.54, 1.807) is 25.2 Å². The van der Waals surface area contributed by atoms with Crippen molar-refractivity contribution in [2.45, 2.75) is 19.3 Å². The molecule has 2 rings (SSSR count). The van der Waals surface area contributed by atoms with Crippen molar-refractivity contribution in [1.82, 2.24) is 20.2 Å². The number of hydrogen-bond donors (Lipinski definition) is 1. The molecule has 1 atom stereocenters. The molecule has 0 saturated heterocycles. The summed E-state index contributed by atoms with van der Waals surface area (Å²) in [5.41, 5.74) is 1.88. The number of rotatable bonds is 6. The molecule has 19 heavy (non-hydrogen) atoms. The Balaban J connectivity index is 2.03. The van der Waals surface area contributed by atoms with Crippen LogP contribution in [0.5, 0.6) is 0 Å². The van der Waals surface area contributed by atoms with E-state index >= 15 is 0 Å². The average molecular weight is 263 g/mol. The minimum atomic E-state index is -0.292. The van der Waals surface area contributed by atoms with E-state index in [9.17, 15) is 0 Å². The number of tetrazole rings is 1. The van der Waals surface area contributed by atoms with Crippen molar-refractivity contribution in [3.63, 3.8) is 0 Å². The molecule has 1 heterocycles. The van der Waals surface area contributed by atoms with Crippen molar-refractivity contribution in [2.75, 3.05) is 19.5 Å². The van der Waals surface area contributed by atoms with Crippen molar-refractivity contribution in [3.05, 3.63) is 30.6 Å². The highest BCUT2D eigenvalue weighted by Gasteiger charge is 2.15. The summed E-state index contributed by atoms with van der Waals surface area (Å²) in [6.07, 6.45) is 1.26. The highest BCUT2D eigenvalue weighted by Crippen LogP contribution is 2.14. The summed E-state index contributed by atoms with van der Waals surface area (Å²) in [5, 5.41) is 14.3. The molecule has 102 valence electrons. The Morgan fingerprint density at radius 2 is 1.84 bits per heavy atom. The summed E-state index contributed by atoms with van der Waals surface area (Å²) in [4.78, 5) is 0. The Labute approximate surface area is 111 Å². The van der Waals surface area contributed by atoms with E-state index in [-0.39, 0.29) is 12.3 Å². The average Bonchev–Trinajstić information content (AvgIpc) is 2.95. The Kier molecular flexibility index (Phi) is 4.43. The first-order valence-corrected chi connectivity index (χ1v) is 5.90. The van der Waals surface area contributed by atoms with Crippen molar-refractivity contribution in [3.8, 4) is 5.69 Å². The van der Waals surface area contributed by atoms with Crippen molar-refractivity contribution in [1.29, 1.82) is 0 Å². The largest absolute Gasteiger partial charge is 0.377 e. The van der Waals surface area contributed by atoms with Gasteiger partial charge in [0.05, 0.1) is 11.7 Å². The van der Waals surface area contributed by atoms with Gasteiger partial charge in [-0.2, -0.15) is 0 Å². The van der Waals surface area contributed by atoms with Crippen LogP contribution in [0, 0.1) is 0 Å². The third-order valence-corrected chi connectivity index (χ3v) is 2.75. The highest BCUT2D eigenvalue weighted by molar-refractivity contribution is 5.48. The van der Waals surface area contributed by atoms with Gasteiger partial charge in [-0.05, 0) is 41.6 Å². The molecule has 0 radical (unpaired) electrons. The molecular weight excluding hydrogens is 246 g/mol. The van der Waals surface area contributed by atoms with E-state index in [1.807, 2.05) is 31.2 Å². The maximum atomic E-state index is 5.20. The smallest absolute Gasteiger partial charge is 0.176 e. The first-order valence-electron chi connectivity index (χ1n) is 5.90. The lowest BCUT2D eigenvalue weighted by molar-refractivity contribution is -0.109. The fraction of sp³-hybridized carbons (Fsp3) is 0.417. The molecule has 0 aliphatic heterocycles. The molecule has 2 aromatic rings. The third kappa shape index (κ3) is 3.27. The quantitative estimate of drug-likeness (QED) is 0.786. The minimum Gasteiger partial charge on any atom is -0.377 e. The molecule has 7 nitrogen and oxygen atoms in total. The highest BCUT2D eigenvalue weighted by atomic mass is 16.7. The Hall–Kier alpha value is -1.99. The van der Waals surface area contributed by atoms with Crippen LogP contribution in [-0.4, -0.2) is 46.8 Å². The number of benzene rings is 1. The third-order valence-electron chi connectivity index (χ3n) is 2.75. The lowest BCUT2D eigenvalue weighted by Crippen LogP contribution is -2.33. The Morgan fingerprint density at radius 3 is 2.37 bits per heavy atom. The number of nitrogens with one attached hydrogen (secondary N) is 1. The van der Waals surface area contributed by atoms with Crippen molar-refractivity contribution < 1.29 is 9.47 Å². The summed E-state index contributed by atoms with van der Waals surface area (Å²) in [5.74, 6) is 0. The molecule has 0 fully saturated rings. The van der Waals surface area contributed by atoms with Gasteiger partial charge < -0.3 is 14.8 Å². The maximum Gasteiger partial charge on any atom is 0.176 e. The van der Waals surface area contributed by atoms with Crippen LogP contribution < -0.4 is 5.32 Å². The number of methoxy groups -OCH3 is 2. The normalized spacial score (nSPS) is 12.6. The van der Waals surface area contributed by atoms with Crippen LogP contribution in [-0.2, 0) is 9.47 Å². The molecule has 0 saturated carbocycles. The van der Waals surface area contributed by atoms with Gasteiger partial charge in [-0.1, -0.05) is 0 Å². The van der Waals surface area contributed by atoms with Gasteiger partial charge in [0.2, 0.25) is 0 Å². The van der Waals surface area contributed by atoms with Crippen LogP contribution in [0.1, 0.15) is 6.92 Å². The second kappa shape index (κ2) is 6.26. The Morgan fingerprint density at radius 1 is 1.16 bits per heavy atom. The lowest BCUT2D eigenvalue weighted by Gasteiger charge is -2.23. The van der Waals surface area contributed by atoms with E-state index in [0.717, 1.165) is 11.4 Å². The first kappa shape index (κ1) is 13.4. The van der Waals surface area contributed by atoms with Crippen LogP contribution in [0.25, 0.3) is 5.69 Å². The zero-order chi connectivity index (χ0) is 13.7.